The molecule has 2 aromatic rings. The van der Waals surface area contributed by atoms with E-state index in [2.05, 4.69) is 5.32 Å². The molecule has 1 aromatic carbocycles. The highest BCUT2D eigenvalue weighted by Crippen LogP contribution is 2.45. The summed E-state index contributed by atoms with van der Waals surface area (Å²) in [5, 5.41) is 3.13. The minimum atomic E-state index is -0.593. The van der Waals surface area contributed by atoms with E-state index in [1.165, 1.54) is 25.6 Å². The van der Waals surface area contributed by atoms with Crippen molar-refractivity contribution in [3.8, 4) is 5.75 Å². The Kier molecular flexibility index (Phi) is 6.45. The first-order valence-corrected chi connectivity index (χ1v) is 10.4. The zero-order valence-electron chi connectivity index (χ0n) is 17.7. The van der Waals surface area contributed by atoms with E-state index in [1.807, 2.05) is 32.9 Å². The third kappa shape index (κ3) is 4.05. The maximum absolute atomic E-state index is 12.6. The first-order chi connectivity index (χ1) is 14.3. The molecule has 0 aliphatic heterocycles. The predicted molar refractivity (Wildman–Crippen MR) is 114 cm³/mol. The van der Waals surface area contributed by atoms with E-state index < -0.39 is 23.8 Å². The summed E-state index contributed by atoms with van der Waals surface area (Å²) in [4.78, 5) is 38.1. The summed E-state index contributed by atoms with van der Waals surface area (Å²) in [6, 6.07) is 3.95. The van der Waals surface area contributed by atoms with Crippen molar-refractivity contribution in [2.45, 2.75) is 39.5 Å². The number of hydrogen-bond acceptors (Lipinski definition) is 7. The molecule has 0 spiro atoms. The molecule has 1 aliphatic carbocycles. The molecule has 1 amide bonds. The minimum absolute atomic E-state index is 0.200. The van der Waals surface area contributed by atoms with Crippen LogP contribution in [0.5, 0.6) is 5.75 Å². The van der Waals surface area contributed by atoms with Crippen LogP contribution in [0.25, 0.3) is 0 Å². The summed E-state index contributed by atoms with van der Waals surface area (Å²) in [6.45, 7) is 5.65. The third-order valence-electron chi connectivity index (χ3n) is 5.38. The Morgan fingerprint density at radius 3 is 2.47 bits per heavy atom. The standard InChI is InChI=1S/C22H25NO6S/c1-11-6-7-12(2)19(13(11)3)29-10-16(24)23-20-18(22(26)28-5)17-14(21(25)27-4)8-9-15(17)30-20/h6-7,14H,8-10H2,1-5H3,(H,23,24)/t14-/m1/s1. The topological polar surface area (TPSA) is 90.9 Å². The Bertz CT molecular complexity index is 1010. The molecule has 1 N–H and O–H groups in total. The van der Waals surface area contributed by atoms with Crippen LogP contribution in [0.3, 0.4) is 0 Å². The number of fused-ring (bicyclic) bond motifs is 1. The molecule has 0 saturated carbocycles. The van der Waals surface area contributed by atoms with Gasteiger partial charge in [0.1, 0.15) is 10.8 Å². The highest BCUT2D eigenvalue weighted by atomic mass is 32.1. The van der Waals surface area contributed by atoms with E-state index in [-0.39, 0.29) is 12.2 Å². The van der Waals surface area contributed by atoms with Gasteiger partial charge < -0.3 is 19.5 Å². The van der Waals surface area contributed by atoms with E-state index in [0.717, 1.165) is 21.6 Å². The van der Waals surface area contributed by atoms with Crippen molar-refractivity contribution in [1.29, 1.82) is 0 Å². The van der Waals surface area contributed by atoms with Gasteiger partial charge in [0.2, 0.25) is 0 Å². The van der Waals surface area contributed by atoms with Crippen LogP contribution in [-0.2, 0) is 25.5 Å². The molecule has 0 saturated heterocycles. The molecule has 1 heterocycles. The highest BCUT2D eigenvalue weighted by Gasteiger charge is 2.38. The van der Waals surface area contributed by atoms with E-state index in [4.69, 9.17) is 14.2 Å². The second kappa shape index (κ2) is 8.87. The second-order valence-electron chi connectivity index (χ2n) is 7.24. The van der Waals surface area contributed by atoms with Gasteiger partial charge in [-0.1, -0.05) is 12.1 Å². The number of nitrogens with one attached hydrogen (secondary N) is 1. The molecular weight excluding hydrogens is 406 g/mol. The van der Waals surface area contributed by atoms with Crippen molar-refractivity contribution in [3.63, 3.8) is 0 Å². The number of rotatable bonds is 6. The smallest absolute Gasteiger partial charge is 0.341 e. The fraction of sp³-hybridized carbons (Fsp3) is 0.409. The summed E-state index contributed by atoms with van der Waals surface area (Å²) in [6.07, 6.45) is 1.21. The molecule has 0 unspecified atom stereocenters. The number of anilines is 1. The molecule has 3 rings (SSSR count). The minimum Gasteiger partial charge on any atom is -0.483 e. The number of thiophene rings is 1. The fourth-order valence-electron chi connectivity index (χ4n) is 3.68. The maximum Gasteiger partial charge on any atom is 0.341 e. The van der Waals surface area contributed by atoms with Gasteiger partial charge in [-0.15, -0.1) is 11.3 Å². The van der Waals surface area contributed by atoms with Crippen molar-refractivity contribution in [2.75, 3.05) is 26.1 Å². The van der Waals surface area contributed by atoms with Gasteiger partial charge in [0.25, 0.3) is 5.91 Å². The fourth-order valence-corrected chi connectivity index (χ4v) is 4.96. The molecule has 30 heavy (non-hydrogen) atoms. The number of carbonyl (C=O) groups excluding carboxylic acids is 3. The Hall–Kier alpha value is -2.87. The molecule has 1 atom stereocenters. The van der Waals surface area contributed by atoms with Crippen LogP contribution in [-0.4, -0.2) is 38.7 Å². The number of carbonyl (C=O) groups is 3. The number of amides is 1. The molecule has 1 aromatic heterocycles. The SMILES string of the molecule is COC(=O)c1c(NC(=O)COc2c(C)ccc(C)c2C)sc2c1[C@H](C(=O)OC)CC2. The zero-order chi connectivity index (χ0) is 22.0. The van der Waals surface area contributed by atoms with Crippen molar-refractivity contribution >= 4 is 34.2 Å². The average Bonchev–Trinajstić information content (AvgIpc) is 3.28. The van der Waals surface area contributed by atoms with Crippen molar-refractivity contribution in [3.05, 3.63) is 44.8 Å². The van der Waals surface area contributed by atoms with Crippen LogP contribution in [0.4, 0.5) is 5.00 Å². The number of hydrogen-bond donors (Lipinski definition) is 1. The van der Waals surface area contributed by atoms with Crippen LogP contribution < -0.4 is 10.1 Å². The lowest BCUT2D eigenvalue weighted by Gasteiger charge is -2.14. The summed E-state index contributed by atoms with van der Waals surface area (Å²) in [5.41, 5.74) is 3.82. The van der Waals surface area contributed by atoms with Crippen LogP contribution >= 0.6 is 11.3 Å². The summed E-state index contributed by atoms with van der Waals surface area (Å²) in [7, 11) is 2.59. The number of esters is 2. The van der Waals surface area contributed by atoms with Crippen molar-refractivity contribution in [2.24, 2.45) is 0 Å². The Morgan fingerprint density at radius 1 is 1.10 bits per heavy atom. The summed E-state index contributed by atoms with van der Waals surface area (Å²) >= 11 is 1.29. The average molecular weight is 432 g/mol. The molecule has 0 radical (unpaired) electrons. The van der Waals surface area contributed by atoms with Crippen LogP contribution in [0.2, 0.25) is 0 Å². The van der Waals surface area contributed by atoms with Crippen LogP contribution in [0.15, 0.2) is 12.1 Å². The highest BCUT2D eigenvalue weighted by molar-refractivity contribution is 7.17. The normalized spacial score (nSPS) is 14.8. The van der Waals surface area contributed by atoms with Gasteiger partial charge in [-0.25, -0.2) is 4.79 Å². The van der Waals surface area contributed by atoms with Gasteiger partial charge in [0.15, 0.2) is 6.61 Å². The van der Waals surface area contributed by atoms with E-state index in [9.17, 15) is 14.4 Å². The van der Waals surface area contributed by atoms with Gasteiger partial charge in [-0.05, 0) is 55.9 Å². The molecule has 0 bridgehead atoms. The first-order valence-electron chi connectivity index (χ1n) is 9.59. The monoisotopic (exact) mass is 431 g/mol. The molecule has 160 valence electrons. The Balaban J connectivity index is 1.82. The van der Waals surface area contributed by atoms with Gasteiger partial charge in [0, 0.05) is 4.88 Å². The van der Waals surface area contributed by atoms with Crippen LogP contribution in [0.1, 0.15) is 49.8 Å². The third-order valence-corrected chi connectivity index (χ3v) is 6.56. The number of benzene rings is 1. The second-order valence-corrected chi connectivity index (χ2v) is 8.34. The zero-order valence-corrected chi connectivity index (χ0v) is 18.5. The lowest BCUT2D eigenvalue weighted by atomic mass is 9.99. The van der Waals surface area contributed by atoms with Gasteiger partial charge >= 0.3 is 11.9 Å². The predicted octanol–water partition coefficient (Wildman–Crippen LogP) is 3.68. The van der Waals surface area contributed by atoms with E-state index in [0.29, 0.717) is 29.2 Å². The van der Waals surface area contributed by atoms with Gasteiger partial charge in [-0.3, -0.25) is 9.59 Å². The number of methoxy groups -OCH3 is 2. The maximum atomic E-state index is 12.6. The molecule has 0 fully saturated rings. The largest absolute Gasteiger partial charge is 0.483 e. The van der Waals surface area contributed by atoms with Crippen LogP contribution in [0, 0.1) is 20.8 Å². The lowest BCUT2D eigenvalue weighted by Crippen LogP contribution is -2.22. The van der Waals surface area contributed by atoms with E-state index >= 15 is 0 Å². The van der Waals surface area contributed by atoms with E-state index in [1.54, 1.807) is 0 Å². The number of aryl methyl sites for hydroxylation is 3. The van der Waals surface area contributed by atoms with Gasteiger partial charge in [-0.2, -0.15) is 0 Å². The van der Waals surface area contributed by atoms with Gasteiger partial charge in [0.05, 0.1) is 25.7 Å². The lowest BCUT2D eigenvalue weighted by molar-refractivity contribution is -0.142. The number of ether oxygens (including phenoxy) is 3. The first kappa shape index (κ1) is 21.8. The molecular formula is C22H25NO6S. The molecule has 7 nitrogen and oxygen atoms in total. The summed E-state index contributed by atoms with van der Waals surface area (Å²) < 4.78 is 15.6. The Morgan fingerprint density at radius 2 is 1.80 bits per heavy atom. The van der Waals surface area contributed by atoms with Crippen molar-refractivity contribution in [1.82, 2.24) is 0 Å². The Labute approximate surface area is 179 Å². The molecule has 8 heteroatoms. The quantitative estimate of drug-likeness (QED) is 0.702. The molecule has 1 aliphatic rings. The summed E-state index contributed by atoms with van der Waals surface area (Å²) in [5.74, 6) is -1.24. The van der Waals surface area contributed by atoms with Crippen molar-refractivity contribution < 1.29 is 28.6 Å².